The predicted molar refractivity (Wildman–Crippen MR) is 129 cm³/mol. The van der Waals surface area contributed by atoms with Crippen molar-refractivity contribution in [1.82, 2.24) is 0 Å². The maximum atomic E-state index is 12.4. The minimum Gasteiger partial charge on any atom is -0.508 e. The van der Waals surface area contributed by atoms with Gasteiger partial charge in [0, 0.05) is 6.08 Å². The van der Waals surface area contributed by atoms with Gasteiger partial charge in [0.25, 0.3) is 0 Å². The van der Waals surface area contributed by atoms with Crippen LogP contribution in [0.2, 0.25) is 0 Å². The lowest BCUT2D eigenvalue weighted by atomic mass is 10.2. The molecule has 0 heterocycles. The van der Waals surface area contributed by atoms with Crippen molar-refractivity contribution in [1.29, 1.82) is 0 Å². The number of hydrogen-bond donors (Lipinski definition) is 2. The Morgan fingerprint density at radius 1 is 0.882 bits per heavy atom. The van der Waals surface area contributed by atoms with Crippen LogP contribution in [0.1, 0.15) is 21.5 Å². The summed E-state index contributed by atoms with van der Waals surface area (Å²) in [5.74, 6) is -0.930. The summed E-state index contributed by atoms with van der Waals surface area (Å²) >= 11 is 3.81. The molecule has 3 rings (SSSR count). The highest BCUT2D eigenvalue weighted by molar-refractivity contribution is 7.85. The molecule has 3 aromatic carbocycles. The van der Waals surface area contributed by atoms with Crippen molar-refractivity contribution in [3.05, 3.63) is 101 Å². The van der Waals surface area contributed by atoms with Gasteiger partial charge in [0.1, 0.15) is 23.0 Å². The summed E-state index contributed by atoms with van der Waals surface area (Å²) in [7, 11) is 0. The van der Waals surface area contributed by atoms with Crippen molar-refractivity contribution in [2.75, 3.05) is 0 Å². The van der Waals surface area contributed by atoms with E-state index in [2.05, 4.69) is 19.2 Å². The summed E-state index contributed by atoms with van der Waals surface area (Å²) in [5, 5.41) is 9.29. The molecule has 172 valence electrons. The maximum absolute atomic E-state index is 12.4. The van der Waals surface area contributed by atoms with Crippen molar-refractivity contribution in [2.45, 2.75) is 6.92 Å². The van der Waals surface area contributed by atoms with E-state index in [0.29, 0.717) is 11.3 Å². The molecule has 0 unspecified atom stereocenters. The van der Waals surface area contributed by atoms with E-state index in [4.69, 9.17) is 14.2 Å². The van der Waals surface area contributed by atoms with E-state index < -0.39 is 17.9 Å². The Morgan fingerprint density at radius 3 is 2.15 bits per heavy atom. The molecule has 0 spiro atoms. The van der Waals surface area contributed by atoms with Gasteiger partial charge in [-0.05, 0) is 78.7 Å². The van der Waals surface area contributed by atoms with E-state index in [9.17, 15) is 19.5 Å². The molecule has 0 radical (unpaired) electrons. The summed E-state index contributed by atoms with van der Waals surface area (Å²) in [6, 6.07) is 16.7. The topological polar surface area (TPSA) is 99.1 Å². The lowest BCUT2D eigenvalue weighted by Crippen LogP contribution is -2.10. The third kappa shape index (κ3) is 6.85. The highest BCUT2D eigenvalue weighted by atomic mass is 32.1. The Morgan fingerprint density at radius 2 is 1.53 bits per heavy atom. The standard InChI is InChI=1S/C26H20O7S/c1-16-15-22(32-26(30)19-6-10-21(11-7-19)31-25(29)17(2)34)12-13-23(16)33-24(28)14-5-18-3-8-20(27)9-4-18/h3-15,27,34H,2H2,1H3/b14-5+. The molecule has 3 aromatic rings. The fourth-order valence-corrected chi connectivity index (χ4v) is 2.73. The van der Waals surface area contributed by atoms with Crippen LogP contribution in [0.25, 0.3) is 6.08 Å². The van der Waals surface area contributed by atoms with Gasteiger partial charge in [-0.3, -0.25) is 0 Å². The highest BCUT2D eigenvalue weighted by Crippen LogP contribution is 2.25. The quantitative estimate of drug-likeness (QED) is 0.217. The van der Waals surface area contributed by atoms with Crippen LogP contribution >= 0.6 is 12.6 Å². The summed E-state index contributed by atoms with van der Waals surface area (Å²) in [5.41, 5.74) is 1.56. The second-order valence-corrected chi connectivity index (χ2v) is 7.56. The Balaban J connectivity index is 1.59. The molecule has 0 aliphatic heterocycles. The molecule has 0 saturated heterocycles. The number of hydrogen-bond acceptors (Lipinski definition) is 8. The summed E-state index contributed by atoms with van der Waals surface area (Å²) in [6.07, 6.45) is 2.83. The first-order valence-corrected chi connectivity index (χ1v) is 10.4. The number of phenolic OH excluding ortho intramolecular Hbond substituents is 1. The average Bonchev–Trinajstić information content (AvgIpc) is 2.81. The van der Waals surface area contributed by atoms with E-state index in [0.717, 1.165) is 5.56 Å². The fourth-order valence-electron chi connectivity index (χ4n) is 2.68. The molecule has 0 aliphatic rings. The van der Waals surface area contributed by atoms with Crippen LogP contribution in [-0.4, -0.2) is 23.0 Å². The second kappa shape index (κ2) is 11.0. The minimum atomic E-state index is -0.689. The molecule has 0 bridgehead atoms. The third-order valence-electron chi connectivity index (χ3n) is 4.41. The van der Waals surface area contributed by atoms with Crippen molar-refractivity contribution < 1.29 is 33.7 Å². The summed E-state index contributed by atoms with van der Waals surface area (Å²) in [4.78, 5) is 35.9. The van der Waals surface area contributed by atoms with Gasteiger partial charge in [0.15, 0.2) is 0 Å². The van der Waals surface area contributed by atoms with E-state index >= 15 is 0 Å². The number of aromatic hydroxyl groups is 1. The molecule has 0 aromatic heterocycles. The number of phenols is 1. The van der Waals surface area contributed by atoms with Crippen molar-refractivity contribution >= 4 is 36.6 Å². The predicted octanol–water partition coefficient (Wildman–Crippen LogP) is 4.89. The van der Waals surface area contributed by atoms with Crippen LogP contribution in [0.5, 0.6) is 23.0 Å². The number of rotatable bonds is 7. The first kappa shape index (κ1) is 24.3. The van der Waals surface area contributed by atoms with Gasteiger partial charge in [-0.15, -0.1) is 12.6 Å². The fraction of sp³-hybridized carbons (Fsp3) is 0.0385. The largest absolute Gasteiger partial charge is 0.508 e. The van der Waals surface area contributed by atoms with Gasteiger partial charge in [-0.1, -0.05) is 18.7 Å². The number of esters is 3. The Hall–Kier alpha value is -4.30. The molecule has 8 heteroatoms. The second-order valence-electron chi connectivity index (χ2n) is 7.02. The van der Waals surface area contributed by atoms with Gasteiger partial charge in [0.2, 0.25) is 0 Å². The van der Waals surface area contributed by atoms with Crippen LogP contribution in [0.15, 0.2) is 84.3 Å². The van der Waals surface area contributed by atoms with Crippen LogP contribution in [0.4, 0.5) is 0 Å². The zero-order chi connectivity index (χ0) is 24.7. The Bertz CT molecular complexity index is 1260. The van der Waals surface area contributed by atoms with Crippen molar-refractivity contribution in [3.63, 3.8) is 0 Å². The van der Waals surface area contributed by atoms with E-state index in [1.54, 1.807) is 31.2 Å². The molecule has 0 amide bonds. The first-order chi connectivity index (χ1) is 16.2. The number of thiol groups is 1. The molecular formula is C26H20O7S. The van der Waals surface area contributed by atoms with Crippen LogP contribution in [0.3, 0.4) is 0 Å². The summed E-state index contributed by atoms with van der Waals surface area (Å²) < 4.78 is 15.7. The Labute approximate surface area is 201 Å². The van der Waals surface area contributed by atoms with Crippen molar-refractivity contribution in [3.8, 4) is 23.0 Å². The highest BCUT2D eigenvalue weighted by Gasteiger charge is 2.12. The molecule has 34 heavy (non-hydrogen) atoms. The third-order valence-corrected chi connectivity index (χ3v) is 4.59. The van der Waals surface area contributed by atoms with Gasteiger partial charge in [-0.25, -0.2) is 14.4 Å². The van der Waals surface area contributed by atoms with E-state index in [1.165, 1.54) is 54.6 Å². The van der Waals surface area contributed by atoms with Crippen LogP contribution in [0, 0.1) is 6.92 Å². The molecule has 0 saturated carbocycles. The average molecular weight is 477 g/mol. The molecule has 0 atom stereocenters. The van der Waals surface area contributed by atoms with Gasteiger partial charge in [0.05, 0.1) is 10.5 Å². The number of aryl methyl sites for hydroxylation is 1. The Kier molecular flexibility index (Phi) is 7.89. The zero-order valence-corrected chi connectivity index (χ0v) is 19.0. The maximum Gasteiger partial charge on any atom is 0.349 e. The molecule has 0 fully saturated rings. The smallest absolute Gasteiger partial charge is 0.349 e. The normalized spacial score (nSPS) is 10.5. The number of carbonyl (C=O) groups excluding carboxylic acids is 3. The number of ether oxygens (including phenoxy) is 3. The monoisotopic (exact) mass is 476 g/mol. The molecule has 1 N–H and O–H groups in total. The van der Waals surface area contributed by atoms with Gasteiger partial charge >= 0.3 is 17.9 Å². The number of carbonyl (C=O) groups is 3. The molecule has 0 aliphatic carbocycles. The SMILES string of the molecule is C=C(S)C(=O)Oc1ccc(C(=O)Oc2ccc(OC(=O)/C=C/c3ccc(O)cc3)c(C)c2)cc1. The zero-order valence-electron chi connectivity index (χ0n) is 18.1. The van der Waals surface area contributed by atoms with E-state index in [1.807, 2.05) is 0 Å². The molecule has 7 nitrogen and oxygen atoms in total. The minimum absolute atomic E-state index is 0.0404. The van der Waals surface area contributed by atoms with Crippen LogP contribution < -0.4 is 14.2 Å². The van der Waals surface area contributed by atoms with Gasteiger partial charge in [-0.2, -0.15) is 0 Å². The molecular weight excluding hydrogens is 456 g/mol. The number of benzene rings is 3. The van der Waals surface area contributed by atoms with Crippen molar-refractivity contribution in [2.24, 2.45) is 0 Å². The van der Waals surface area contributed by atoms with E-state index in [-0.39, 0.29) is 27.7 Å². The lowest BCUT2D eigenvalue weighted by molar-refractivity contribution is -0.130. The van der Waals surface area contributed by atoms with Crippen LogP contribution in [-0.2, 0) is 9.59 Å². The van der Waals surface area contributed by atoms with Gasteiger partial charge < -0.3 is 19.3 Å². The lowest BCUT2D eigenvalue weighted by Gasteiger charge is -2.09. The summed E-state index contributed by atoms with van der Waals surface area (Å²) in [6.45, 7) is 5.08. The first-order valence-electron chi connectivity index (χ1n) is 9.93.